The molecule has 1 heterocycles. The zero-order valence-electron chi connectivity index (χ0n) is 16.3. The molecule has 1 aliphatic carbocycles. The van der Waals surface area contributed by atoms with Crippen LogP contribution in [0.1, 0.15) is 48.0 Å². The molecule has 1 aromatic heterocycles. The Morgan fingerprint density at radius 3 is 2.36 bits per heavy atom. The molecule has 3 rings (SSSR count). The Labute approximate surface area is 168 Å². The molecule has 0 aliphatic heterocycles. The first-order valence-corrected chi connectivity index (χ1v) is 11.1. The predicted octanol–water partition coefficient (Wildman–Crippen LogP) is 2.18. The third kappa shape index (κ3) is 3.82. The second kappa shape index (κ2) is 7.65. The SMILES string of the molecule is Cc1cc(C(=O)NNC(=O)c2cc3c(s2)CCC3)cc(S(=O)(=O)N(C)C)c1C. The number of fused-ring (bicyclic) bond motifs is 1. The fourth-order valence-electron chi connectivity index (χ4n) is 3.11. The molecule has 0 fully saturated rings. The highest BCUT2D eigenvalue weighted by atomic mass is 32.2. The maximum Gasteiger partial charge on any atom is 0.279 e. The molecule has 0 radical (unpaired) electrons. The number of thiophene rings is 1. The van der Waals surface area contributed by atoms with E-state index in [0.29, 0.717) is 16.0 Å². The van der Waals surface area contributed by atoms with Crippen LogP contribution < -0.4 is 10.9 Å². The third-order valence-electron chi connectivity index (χ3n) is 4.90. The van der Waals surface area contributed by atoms with Gasteiger partial charge >= 0.3 is 0 Å². The molecule has 1 aliphatic rings. The summed E-state index contributed by atoms with van der Waals surface area (Å²) in [5, 5.41) is 0. The maximum absolute atomic E-state index is 12.5. The van der Waals surface area contributed by atoms with Gasteiger partial charge in [0.1, 0.15) is 0 Å². The Bertz CT molecular complexity index is 1030. The summed E-state index contributed by atoms with van der Waals surface area (Å²) in [5.74, 6) is -0.950. The monoisotopic (exact) mass is 421 g/mol. The average molecular weight is 422 g/mol. The topological polar surface area (TPSA) is 95.6 Å². The van der Waals surface area contributed by atoms with Gasteiger partial charge in [0, 0.05) is 24.5 Å². The number of carbonyl (C=O) groups is 2. The van der Waals surface area contributed by atoms with E-state index in [9.17, 15) is 18.0 Å². The standard InChI is InChI=1S/C19H23N3O4S2/c1-11-8-14(10-17(12(11)2)28(25,26)22(3)4)18(23)20-21-19(24)16-9-13-6-5-7-15(13)27-16/h8-10H,5-7H2,1-4H3,(H,20,23)(H,21,24). The molecule has 2 N–H and O–H groups in total. The molecule has 28 heavy (non-hydrogen) atoms. The van der Waals surface area contributed by atoms with E-state index in [2.05, 4.69) is 10.9 Å². The van der Waals surface area contributed by atoms with Gasteiger partial charge in [0.05, 0.1) is 9.77 Å². The summed E-state index contributed by atoms with van der Waals surface area (Å²) >= 11 is 1.44. The molecule has 9 heteroatoms. The van der Waals surface area contributed by atoms with Gasteiger partial charge in [0.15, 0.2) is 0 Å². The molecule has 0 unspecified atom stereocenters. The number of aryl methyl sites for hydroxylation is 3. The molecule has 0 bridgehead atoms. The highest BCUT2D eigenvalue weighted by Crippen LogP contribution is 2.30. The smallest absolute Gasteiger partial charge is 0.267 e. The van der Waals surface area contributed by atoms with E-state index in [0.717, 1.165) is 23.6 Å². The van der Waals surface area contributed by atoms with Gasteiger partial charge in [-0.05, 0) is 68.0 Å². The van der Waals surface area contributed by atoms with E-state index >= 15 is 0 Å². The Morgan fingerprint density at radius 1 is 1.04 bits per heavy atom. The summed E-state index contributed by atoms with van der Waals surface area (Å²) < 4.78 is 26.2. The van der Waals surface area contributed by atoms with Crippen LogP contribution in [-0.4, -0.2) is 38.6 Å². The second-order valence-electron chi connectivity index (χ2n) is 7.02. The maximum atomic E-state index is 12.5. The summed E-state index contributed by atoms with van der Waals surface area (Å²) in [5.41, 5.74) is 7.42. The van der Waals surface area contributed by atoms with Crippen molar-refractivity contribution in [1.29, 1.82) is 0 Å². The van der Waals surface area contributed by atoms with Crippen molar-refractivity contribution in [2.45, 2.75) is 38.0 Å². The Kier molecular flexibility index (Phi) is 5.60. The van der Waals surface area contributed by atoms with E-state index in [-0.39, 0.29) is 16.4 Å². The van der Waals surface area contributed by atoms with Crippen LogP contribution in [0.15, 0.2) is 23.1 Å². The van der Waals surface area contributed by atoms with Crippen molar-refractivity contribution in [3.8, 4) is 0 Å². The van der Waals surface area contributed by atoms with Gasteiger partial charge < -0.3 is 0 Å². The lowest BCUT2D eigenvalue weighted by Crippen LogP contribution is -2.41. The van der Waals surface area contributed by atoms with E-state index in [1.807, 2.05) is 6.07 Å². The van der Waals surface area contributed by atoms with Crippen molar-refractivity contribution in [1.82, 2.24) is 15.2 Å². The van der Waals surface area contributed by atoms with E-state index in [1.165, 1.54) is 41.9 Å². The lowest BCUT2D eigenvalue weighted by molar-refractivity contribution is 0.0848. The molecular weight excluding hydrogens is 398 g/mol. The molecule has 7 nitrogen and oxygen atoms in total. The molecule has 1 aromatic carbocycles. The summed E-state index contributed by atoms with van der Waals surface area (Å²) in [7, 11) is -0.811. The van der Waals surface area contributed by atoms with Gasteiger partial charge in [0.2, 0.25) is 10.0 Å². The Morgan fingerprint density at radius 2 is 1.71 bits per heavy atom. The van der Waals surface area contributed by atoms with E-state index in [4.69, 9.17) is 0 Å². The average Bonchev–Trinajstić information content (AvgIpc) is 3.23. The summed E-state index contributed by atoms with van der Waals surface area (Å²) in [6, 6.07) is 4.80. The van der Waals surface area contributed by atoms with Crippen molar-refractivity contribution in [2.75, 3.05) is 14.1 Å². The van der Waals surface area contributed by atoms with Crippen molar-refractivity contribution in [3.05, 3.63) is 50.2 Å². The van der Waals surface area contributed by atoms with Crippen molar-refractivity contribution >= 4 is 33.2 Å². The molecule has 0 saturated carbocycles. The summed E-state index contributed by atoms with van der Waals surface area (Å²) in [6.07, 6.45) is 3.09. The third-order valence-corrected chi connectivity index (χ3v) is 8.08. The first-order chi connectivity index (χ1) is 13.1. The van der Waals surface area contributed by atoms with Gasteiger partial charge in [-0.15, -0.1) is 11.3 Å². The number of carbonyl (C=O) groups excluding carboxylic acids is 2. The minimum atomic E-state index is -3.69. The summed E-state index contributed by atoms with van der Waals surface area (Å²) in [4.78, 5) is 26.7. The van der Waals surface area contributed by atoms with Gasteiger partial charge in [-0.2, -0.15) is 0 Å². The van der Waals surface area contributed by atoms with Crippen molar-refractivity contribution in [3.63, 3.8) is 0 Å². The minimum Gasteiger partial charge on any atom is -0.267 e. The normalized spacial score (nSPS) is 13.5. The number of hydrogen-bond acceptors (Lipinski definition) is 5. The number of nitrogens with one attached hydrogen (secondary N) is 2. The van der Waals surface area contributed by atoms with Crippen LogP contribution in [0, 0.1) is 13.8 Å². The van der Waals surface area contributed by atoms with E-state index in [1.54, 1.807) is 19.9 Å². The number of sulfonamides is 1. The first-order valence-electron chi connectivity index (χ1n) is 8.87. The predicted molar refractivity (Wildman–Crippen MR) is 108 cm³/mol. The zero-order valence-corrected chi connectivity index (χ0v) is 17.9. The largest absolute Gasteiger partial charge is 0.279 e. The van der Waals surface area contributed by atoms with Crippen LogP contribution in [0.3, 0.4) is 0 Å². The number of hydrogen-bond donors (Lipinski definition) is 2. The van der Waals surface area contributed by atoms with Crippen LogP contribution in [-0.2, 0) is 22.9 Å². The molecule has 2 amide bonds. The number of benzene rings is 1. The van der Waals surface area contributed by atoms with E-state index < -0.39 is 15.9 Å². The lowest BCUT2D eigenvalue weighted by Gasteiger charge is -2.16. The van der Waals surface area contributed by atoms with Crippen molar-refractivity contribution < 1.29 is 18.0 Å². The Balaban J connectivity index is 1.77. The number of amides is 2. The number of hydrazine groups is 1. The molecular formula is C19H23N3O4S2. The molecule has 0 spiro atoms. The van der Waals surface area contributed by atoms with Gasteiger partial charge in [-0.25, -0.2) is 12.7 Å². The van der Waals surface area contributed by atoms with Crippen LogP contribution in [0.2, 0.25) is 0 Å². The lowest BCUT2D eigenvalue weighted by atomic mass is 10.1. The molecule has 0 saturated heterocycles. The molecule has 0 atom stereocenters. The van der Waals surface area contributed by atoms with Crippen LogP contribution >= 0.6 is 11.3 Å². The number of nitrogens with zero attached hydrogens (tertiary/aromatic N) is 1. The fourth-order valence-corrected chi connectivity index (χ4v) is 5.48. The molecule has 150 valence electrons. The first kappa shape index (κ1) is 20.5. The Hall–Kier alpha value is -2.23. The minimum absolute atomic E-state index is 0.0728. The zero-order chi connectivity index (χ0) is 20.6. The quantitative estimate of drug-likeness (QED) is 0.740. The summed E-state index contributed by atoms with van der Waals surface area (Å²) in [6.45, 7) is 3.44. The van der Waals surface area contributed by atoms with Gasteiger partial charge in [-0.3, -0.25) is 20.4 Å². The van der Waals surface area contributed by atoms with Gasteiger partial charge in [-0.1, -0.05) is 0 Å². The van der Waals surface area contributed by atoms with Crippen molar-refractivity contribution in [2.24, 2.45) is 0 Å². The van der Waals surface area contributed by atoms with Crippen LogP contribution in [0.4, 0.5) is 0 Å². The van der Waals surface area contributed by atoms with Gasteiger partial charge in [0.25, 0.3) is 11.8 Å². The highest BCUT2D eigenvalue weighted by molar-refractivity contribution is 7.89. The van der Waals surface area contributed by atoms with Crippen LogP contribution in [0.25, 0.3) is 0 Å². The van der Waals surface area contributed by atoms with Crippen LogP contribution in [0.5, 0.6) is 0 Å². The second-order valence-corrected chi connectivity index (χ2v) is 10.3. The molecule has 2 aromatic rings. The number of rotatable bonds is 4. The fraction of sp³-hybridized carbons (Fsp3) is 0.368. The highest BCUT2D eigenvalue weighted by Gasteiger charge is 2.23.